The lowest BCUT2D eigenvalue weighted by Crippen LogP contribution is -3.00. The van der Waals surface area contributed by atoms with Crippen molar-refractivity contribution in [3.8, 4) is 0 Å². The first-order valence-electron chi connectivity index (χ1n) is 5.66. The molecule has 0 radical (unpaired) electrons. The third kappa shape index (κ3) is 5.10. The largest absolute Gasteiger partial charge is 1.00 e. The molecule has 0 spiro atoms. The molecule has 1 heterocycles. The van der Waals surface area contributed by atoms with Crippen molar-refractivity contribution in [1.82, 2.24) is 25.5 Å². The van der Waals surface area contributed by atoms with E-state index in [9.17, 15) is 0 Å². The molecule has 0 atom stereocenters. The molecule has 2 rings (SSSR count). The molecule has 1 N–H and O–H groups in total. The predicted molar refractivity (Wildman–Crippen MR) is 77.7 cm³/mol. The number of thioether (sulfide) groups is 1. The first-order chi connectivity index (χ1) is 9.16. The highest BCUT2D eigenvalue weighted by Crippen LogP contribution is 2.22. The molecule has 110 valence electrons. The molecule has 0 unspecified atom stereocenters. The Morgan fingerprint density at radius 1 is 1.30 bits per heavy atom. The summed E-state index contributed by atoms with van der Waals surface area (Å²) in [5.41, 5.74) is 1.11. The van der Waals surface area contributed by atoms with E-state index in [0.717, 1.165) is 29.6 Å². The Morgan fingerprint density at radius 3 is 2.75 bits per heavy atom. The highest BCUT2D eigenvalue weighted by atomic mass is 35.5. The molecule has 2 aromatic rings. The van der Waals surface area contributed by atoms with Crippen LogP contribution in [0.4, 0.5) is 0 Å². The van der Waals surface area contributed by atoms with Gasteiger partial charge in [0.15, 0.2) is 0 Å². The van der Waals surface area contributed by atoms with Crippen molar-refractivity contribution < 1.29 is 12.4 Å². The lowest BCUT2D eigenvalue weighted by molar-refractivity contribution is -0.00000393. The van der Waals surface area contributed by atoms with Crippen molar-refractivity contribution in [2.24, 2.45) is 7.05 Å². The summed E-state index contributed by atoms with van der Waals surface area (Å²) in [5, 5.41) is 16.6. The Labute approximate surface area is 137 Å². The fraction of sp³-hybridized carbons (Fsp3) is 0.364. The Morgan fingerprint density at radius 2 is 2.10 bits per heavy atom. The van der Waals surface area contributed by atoms with Crippen LogP contribution in [-0.2, 0) is 13.6 Å². The van der Waals surface area contributed by atoms with E-state index in [-0.39, 0.29) is 12.4 Å². The zero-order valence-electron chi connectivity index (χ0n) is 10.7. The molecule has 20 heavy (non-hydrogen) atoms. The average molecular weight is 354 g/mol. The van der Waals surface area contributed by atoms with Gasteiger partial charge in [-0.05, 0) is 28.1 Å². The number of hydrogen-bond donors (Lipinski definition) is 1. The summed E-state index contributed by atoms with van der Waals surface area (Å²) >= 11 is 13.4. The number of aromatic nitrogens is 4. The minimum Gasteiger partial charge on any atom is -1.00 e. The number of tetrazole rings is 1. The first kappa shape index (κ1) is 17.5. The number of rotatable bonds is 6. The third-order valence-electron chi connectivity index (χ3n) is 2.40. The van der Waals surface area contributed by atoms with Gasteiger partial charge in [-0.15, -0.1) is 5.10 Å². The summed E-state index contributed by atoms with van der Waals surface area (Å²) in [6.45, 7) is 1.62. The maximum atomic E-state index is 5.95. The van der Waals surface area contributed by atoms with Crippen molar-refractivity contribution in [3.63, 3.8) is 0 Å². The van der Waals surface area contributed by atoms with E-state index >= 15 is 0 Å². The van der Waals surface area contributed by atoms with Crippen LogP contribution in [-0.4, -0.2) is 32.5 Å². The molecule has 0 amide bonds. The SMILES string of the molecule is Cn1nnnc1SCCNCc1ccc(Cl)c(Cl)c1.[Cl-]. The van der Waals surface area contributed by atoms with Crippen molar-refractivity contribution >= 4 is 35.0 Å². The molecule has 1 aromatic heterocycles. The number of nitrogens with one attached hydrogen (secondary N) is 1. The molecule has 0 saturated carbocycles. The first-order valence-corrected chi connectivity index (χ1v) is 7.41. The highest BCUT2D eigenvalue weighted by Gasteiger charge is 2.02. The second-order valence-corrected chi connectivity index (χ2v) is 5.74. The smallest absolute Gasteiger partial charge is 0.209 e. The molecular weight excluding hydrogens is 341 g/mol. The summed E-state index contributed by atoms with van der Waals surface area (Å²) in [7, 11) is 1.82. The Hall–Kier alpha value is -0.530. The van der Waals surface area contributed by atoms with Gasteiger partial charge in [0.25, 0.3) is 0 Å². The molecule has 0 bridgehead atoms. The second kappa shape index (κ2) is 8.69. The van der Waals surface area contributed by atoms with Gasteiger partial charge in [0.05, 0.1) is 10.0 Å². The van der Waals surface area contributed by atoms with Crippen LogP contribution in [0.3, 0.4) is 0 Å². The normalized spacial score (nSPS) is 10.3. The van der Waals surface area contributed by atoms with Crippen LogP contribution in [0, 0.1) is 0 Å². The summed E-state index contributed by atoms with van der Waals surface area (Å²) in [5.74, 6) is 0.898. The van der Waals surface area contributed by atoms with Gasteiger partial charge in [0, 0.05) is 25.9 Å². The van der Waals surface area contributed by atoms with Gasteiger partial charge >= 0.3 is 0 Å². The van der Waals surface area contributed by atoms with E-state index in [1.54, 1.807) is 22.5 Å². The summed E-state index contributed by atoms with van der Waals surface area (Å²) in [4.78, 5) is 0. The summed E-state index contributed by atoms with van der Waals surface area (Å²) in [6.07, 6.45) is 0. The fourth-order valence-electron chi connectivity index (χ4n) is 1.44. The molecule has 0 aliphatic rings. The number of benzene rings is 1. The van der Waals surface area contributed by atoms with Crippen LogP contribution in [0.15, 0.2) is 23.4 Å². The van der Waals surface area contributed by atoms with Crippen molar-refractivity contribution in [3.05, 3.63) is 33.8 Å². The zero-order chi connectivity index (χ0) is 13.7. The number of aryl methyl sites for hydroxylation is 1. The predicted octanol–water partition coefficient (Wildman–Crippen LogP) is -0.597. The Kier molecular flexibility index (Phi) is 7.61. The molecule has 1 aromatic carbocycles. The van der Waals surface area contributed by atoms with E-state index in [1.165, 1.54) is 0 Å². The zero-order valence-corrected chi connectivity index (χ0v) is 13.8. The van der Waals surface area contributed by atoms with Gasteiger partial charge in [-0.1, -0.05) is 41.0 Å². The number of hydrogen-bond acceptors (Lipinski definition) is 5. The van der Waals surface area contributed by atoms with Crippen LogP contribution in [0.1, 0.15) is 5.56 Å². The Bertz CT molecular complexity index is 549. The van der Waals surface area contributed by atoms with Gasteiger partial charge in [-0.2, -0.15) is 0 Å². The van der Waals surface area contributed by atoms with Crippen LogP contribution in [0.5, 0.6) is 0 Å². The molecule has 5 nitrogen and oxygen atoms in total. The van der Waals surface area contributed by atoms with Gasteiger partial charge < -0.3 is 17.7 Å². The van der Waals surface area contributed by atoms with E-state index in [1.807, 2.05) is 19.2 Å². The minimum atomic E-state index is 0. The molecule has 0 aliphatic carbocycles. The van der Waals surface area contributed by atoms with Gasteiger partial charge in [-0.25, -0.2) is 4.68 Å². The van der Waals surface area contributed by atoms with Crippen LogP contribution in [0.25, 0.3) is 0 Å². The standard InChI is InChI=1S/C11H13Cl2N5S.ClH/c1-18-11(15-16-17-18)19-5-4-14-7-8-2-3-9(12)10(13)6-8;/h2-3,6,14H,4-5,7H2,1H3;1H/p-1. The Balaban J connectivity index is 0.00000200. The quantitative estimate of drug-likeness (QED) is 0.555. The maximum absolute atomic E-state index is 5.95. The minimum absolute atomic E-state index is 0. The lowest BCUT2D eigenvalue weighted by atomic mass is 10.2. The lowest BCUT2D eigenvalue weighted by Gasteiger charge is -2.05. The van der Waals surface area contributed by atoms with Gasteiger partial charge in [-0.3, -0.25) is 0 Å². The molecular formula is C11H13Cl3N5S-. The highest BCUT2D eigenvalue weighted by molar-refractivity contribution is 7.99. The van der Waals surface area contributed by atoms with E-state index < -0.39 is 0 Å². The summed E-state index contributed by atoms with van der Waals surface area (Å²) in [6, 6.07) is 5.64. The van der Waals surface area contributed by atoms with Crippen LogP contribution in [0.2, 0.25) is 10.0 Å². The third-order valence-corrected chi connectivity index (χ3v) is 4.16. The number of nitrogens with zero attached hydrogens (tertiary/aromatic N) is 4. The topological polar surface area (TPSA) is 55.6 Å². The van der Waals surface area contributed by atoms with E-state index in [2.05, 4.69) is 20.8 Å². The molecule has 0 fully saturated rings. The fourth-order valence-corrected chi connectivity index (χ4v) is 2.51. The van der Waals surface area contributed by atoms with Crippen LogP contribution >= 0.6 is 35.0 Å². The molecule has 0 aliphatic heterocycles. The van der Waals surface area contributed by atoms with Gasteiger partial charge in [0.2, 0.25) is 5.16 Å². The second-order valence-electron chi connectivity index (χ2n) is 3.86. The maximum Gasteiger partial charge on any atom is 0.209 e. The van der Waals surface area contributed by atoms with Crippen molar-refractivity contribution in [1.29, 1.82) is 0 Å². The van der Waals surface area contributed by atoms with Crippen molar-refractivity contribution in [2.45, 2.75) is 11.7 Å². The molecule has 9 heteroatoms. The monoisotopic (exact) mass is 352 g/mol. The summed E-state index contributed by atoms with van der Waals surface area (Å²) < 4.78 is 1.66. The van der Waals surface area contributed by atoms with Crippen LogP contribution < -0.4 is 17.7 Å². The van der Waals surface area contributed by atoms with E-state index in [4.69, 9.17) is 23.2 Å². The average Bonchev–Trinajstić information content (AvgIpc) is 2.79. The van der Waals surface area contributed by atoms with Crippen molar-refractivity contribution in [2.75, 3.05) is 12.3 Å². The number of halogens is 3. The van der Waals surface area contributed by atoms with Gasteiger partial charge in [0.1, 0.15) is 0 Å². The van der Waals surface area contributed by atoms with E-state index in [0.29, 0.717) is 10.0 Å². The molecule has 0 saturated heterocycles.